The molecule has 0 bridgehead atoms. The van der Waals surface area contributed by atoms with Crippen LogP contribution in [0.4, 0.5) is 23.7 Å². The Morgan fingerprint density at radius 2 is 1.52 bits per heavy atom. The molecule has 0 atom stereocenters. The van der Waals surface area contributed by atoms with Crippen LogP contribution in [0.3, 0.4) is 0 Å². The van der Waals surface area contributed by atoms with Gasteiger partial charge >= 0.3 is 18.2 Å². The summed E-state index contributed by atoms with van der Waals surface area (Å²) in [7, 11) is 1.26. The average molecular weight is 464 g/mol. The number of alkyl halides is 3. The third kappa shape index (κ3) is 5.97. The molecule has 1 amide bonds. The standard InChI is InChI=1S/C24H27F3N2O4/c1-23(2,3)33-22(31)29-13-11-28(12-14-29)20-10-9-18(24(25,26)27)15-19(20)16-5-7-17(8-6-16)21(30)32-4/h5-10,15H,11-14H2,1-4H3. The van der Waals surface area contributed by atoms with Crippen LogP contribution in [-0.4, -0.2) is 55.9 Å². The SMILES string of the molecule is COC(=O)c1ccc(-c2cc(C(F)(F)F)ccc2N2CCN(C(=O)OC(C)(C)C)CC2)cc1. The van der Waals surface area contributed by atoms with Gasteiger partial charge in [-0.25, -0.2) is 9.59 Å². The van der Waals surface area contributed by atoms with Crippen LogP contribution in [0.15, 0.2) is 42.5 Å². The molecule has 0 aromatic heterocycles. The van der Waals surface area contributed by atoms with Crippen molar-refractivity contribution in [3.63, 3.8) is 0 Å². The lowest BCUT2D eigenvalue weighted by atomic mass is 9.98. The first-order valence-electron chi connectivity index (χ1n) is 10.5. The second-order valence-corrected chi connectivity index (χ2v) is 8.75. The summed E-state index contributed by atoms with van der Waals surface area (Å²) in [4.78, 5) is 27.6. The van der Waals surface area contributed by atoms with E-state index in [2.05, 4.69) is 4.74 Å². The van der Waals surface area contributed by atoms with Crippen LogP contribution < -0.4 is 4.90 Å². The molecule has 1 saturated heterocycles. The molecular formula is C24H27F3N2O4. The number of esters is 1. The highest BCUT2D eigenvalue weighted by molar-refractivity contribution is 5.90. The Balaban J connectivity index is 1.88. The third-order valence-corrected chi connectivity index (χ3v) is 5.21. The Kier molecular flexibility index (Phi) is 6.90. The zero-order valence-corrected chi connectivity index (χ0v) is 19.0. The molecule has 3 rings (SSSR count). The van der Waals surface area contributed by atoms with Gasteiger partial charge in [0.25, 0.3) is 0 Å². The lowest BCUT2D eigenvalue weighted by molar-refractivity contribution is -0.137. The van der Waals surface area contributed by atoms with E-state index in [4.69, 9.17) is 4.74 Å². The monoisotopic (exact) mass is 464 g/mol. The van der Waals surface area contributed by atoms with Crippen LogP contribution in [0.2, 0.25) is 0 Å². The highest BCUT2D eigenvalue weighted by Gasteiger charge is 2.32. The number of halogens is 3. The fraction of sp³-hybridized carbons (Fsp3) is 0.417. The number of amides is 1. The van der Waals surface area contributed by atoms with E-state index in [1.165, 1.54) is 25.3 Å². The van der Waals surface area contributed by atoms with Crippen molar-refractivity contribution < 1.29 is 32.2 Å². The van der Waals surface area contributed by atoms with Crippen LogP contribution in [0.1, 0.15) is 36.7 Å². The minimum absolute atomic E-state index is 0.306. The summed E-state index contributed by atoms with van der Waals surface area (Å²) in [5, 5.41) is 0. The highest BCUT2D eigenvalue weighted by Crippen LogP contribution is 2.38. The fourth-order valence-electron chi connectivity index (χ4n) is 3.58. The van der Waals surface area contributed by atoms with Crippen molar-refractivity contribution >= 4 is 17.7 Å². The van der Waals surface area contributed by atoms with Gasteiger partial charge in [-0.2, -0.15) is 13.2 Å². The first-order valence-corrected chi connectivity index (χ1v) is 10.5. The molecule has 0 radical (unpaired) electrons. The molecule has 6 nitrogen and oxygen atoms in total. The third-order valence-electron chi connectivity index (χ3n) is 5.21. The maximum Gasteiger partial charge on any atom is 0.416 e. The van der Waals surface area contributed by atoms with E-state index in [9.17, 15) is 22.8 Å². The number of carbonyl (C=O) groups excluding carboxylic acids is 2. The van der Waals surface area contributed by atoms with Crippen molar-refractivity contribution in [1.82, 2.24) is 4.90 Å². The zero-order chi connectivity index (χ0) is 24.4. The van der Waals surface area contributed by atoms with Gasteiger partial charge in [0.15, 0.2) is 0 Å². The zero-order valence-electron chi connectivity index (χ0n) is 19.0. The number of rotatable bonds is 3. The molecule has 9 heteroatoms. The van der Waals surface area contributed by atoms with Gasteiger partial charge in [-0.15, -0.1) is 0 Å². The molecule has 33 heavy (non-hydrogen) atoms. The van der Waals surface area contributed by atoms with Gasteiger partial charge in [-0.3, -0.25) is 0 Å². The van der Waals surface area contributed by atoms with Crippen LogP contribution in [0.5, 0.6) is 0 Å². The second-order valence-electron chi connectivity index (χ2n) is 8.75. The van der Waals surface area contributed by atoms with E-state index in [1.54, 1.807) is 37.8 Å². The van der Waals surface area contributed by atoms with Gasteiger partial charge in [0.05, 0.1) is 18.2 Å². The number of nitrogens with zero attached hydrogens (tertiary/aromatic N) is 2. The number of piperazine rings is 1. The molecular weight excluding hydrogens is 437 g/mol. The smallest absolute Gasteiger partial charge is 0.416 e. The number of hydrogen-bond donors (Lipinski definition) is 0. The Labute approximate surface area is 190 Å². The number of benzene rings is 2. The van der Waals surface area contributed by atoms with E-state index in [0.717, 1.165) is 12.1 Å². The van der Waals surface area contributed by atoms with Crippen molar-refractivity contribution in [1.29, 1.82) is 0 Å². The molecule has 0 aliphatic carbocycles. The predicted octanol–water partition coefficient (Wildman–Crippen LogP) is 5.22. The Bertz CT molecular complexity index is 1010. The summed E-state index contributed by atoms with van der Waals surface area (Å²) >= 11 is 0. The molecule has 178 valence electrons. The molecule has 0 spiro atoms. The summed E-state index contributed by atoms with van der Waals surface area (Å²) < 4.78 is 50.3. The molecule has 2 aromatic rings. The van der Waals surface area contributed by atoms with Gasteiger partial charge in [0, 0.05) is 37.4 Å². The maximum absolute atomic E-state index is 13.4. The molecule has 0 saturated carbocycles. The van der Waals surface area contributed by atoms with Crippen LogP contribution >= 0.6 is 0 Å². The predicted molar refractivity (Wildman–Crippen MR) is 118 cm³/mol. The number of anilines is 1. The van der Waals surface area contributed by atoms with Crippen molar-refractivity contribution in [3.05, 3.63) is 53.6 Å². The summed E-state index contributed by atoms with van der Waals surface area (Å²) in [5.41, 5.74) is 0.500. The quantitative estimate of drug-likeness (QED) is 0.584. The first kappa shape index (κ1) is 24.4. The summed E-state index contributed by atoms with van der Waals surface area (Å²) in [6, 6.07) is 9.86. The average Bonchev–Trinajstić information content (AvgIpc) is 2.76. The van der Waals surface area contributed by atoms with Gasteiger partial charge in [-0.05, 0) is 56.7 Å². The van der Waals surface area contributed by atoms with E-state index in [1.807, 2.05) is 4.90 Å². The fourth-order valence-corrected chi connectivity index (χ4v) is 3.58. The molecule has 0 N–H and O–H groups in total. The summed E-state index contributed by atoms with van der Waals surface area (Å²) in [6.45, 7) is 7.03. The molecule has 1 heterocycles. The normalized spacial score (nSPS) is 14.8. The minimum atomic E-state index is -4.49. The van der Waals surface area contributed by atoms with Crippen LogP contribution in [0.25, 0.3) is 11.1 Å². The summed E-state index contributed by atoms with van der Waals surface area (Å²) in [5.74, 6) is -0.524. The van der Waals surface area contributed by atoms with E-state index >= 15 is 0 Å². The Morgan fingerprint density at radius 1 is 0.909 bits per heavy atom. The molecule has 2 aromatic carbocycles. The van der Waals surface area contributed by atoms with Gasteiger partial charge in [0.2, 0.25) is 0 Å². The van der Waals surface area contributed by atoms with Gasteiger partial charge in [-0.1, -0.05) is 12.1 Å². The molecule has 1 aliphatic rings. The first-order chi connectivity index (χ1) is 15.4. The van der Waals surface area contributed by atoms with Crippen molar-refractivity contribution in [2.24, 2.45) is 0 Å². The number of ether oxygens (including phenoxy) is 2. The molecule has 0 unspecified atom stereocenters. The largest absolute Gasteiger partial charge is 0.465 e. The highest BCUT2D eigenvalue weighted by atomic mass is 19.4. The lowest BCUT2D eigenvalue weighted by Crippen LogP contribution is -2.50. The van der Waals surface area contributed by atoms with Crippen LogP contribution in [-0.2, 0) is 15.7 Å². The lowest BCUT2D eigenvalue weighted by Gasteiger charge is -2.37. The van der Waals surface area contributed by atoms with Gasteiger partial charge < -0.3 is 19.3 Å². The Morgan fingerprint density at radius 3 is 2.03 bits per heavy atom. The van der Waals surface area contributed by atoms with Crippen LogP contribution in [0, 0.1) is 0 Å². The topological polar surface area (TPSA) is 59.1 Å². The van der Waals surface area contributed by atoms with Crippen molar-refractivity contribution in [2.45, 2.75) is 32.5 Å². The molecule has 1 fully saturated rings. The number of methoxy groups -OCH3 is 1. The summed E-state index contributed by atoms with van der Waals surface area (Å²) in [6.07, 6.45) is -4.90. The van der Waals surface area contributed by atoms with Crippen molar-refractivity contribution in [2.75, 3.05) is 38.2 Å². The Hall–Kier alpha value is -3.23. The van der Waals surface area contributed by atoms with E-state index < -0.39 is 29.4 Å². The number of carbonyl (C=O) groups is 2. The van der Waals surface area contributed by atoms with E-state index in [0.29, 0.717) is 48.6 Å². The number of hydrogen-bond acceptors (Lipinski definition) is 5. The molecule has 1 aliphatic heterocycles. The van der Waals surface area contributed by atoms with Gasteiger partial charge in [0.1, 0.15) is 5.60 Å². The minimum Gasteiger partial charge on any atom is -0.465 e. The maximum atomic E-state index is 13.4. The van der Waals surface area contributed by atoms with Crippen molar-refractivity contribution in [3.8, 4) is 11.1 Å². The van der Waals surface area contributed by atoms with E-state index in [-0.39, 0.29) is 0 Å². The second kappa shape index (κ2) is 9.33.